The average molecular weight is 341 g/mol. The van der Waals surface area contributed by atoms with E-state index in [1.54, 1.807) is 23.6 Å². The van der Waals surface area contributed by atoms with Gasteiger partial charge >= 0.3 is 5.97 Å². The van der Waals surface area contributed by atoms with Crippen LogP contribution in [-0.2, 0) is 0 Å². The highest BCUT2D eigenvalue weighted by Gasteiger charge is 2.15. The number of carboxylic acid groups (broad SMARTS) is 1. The highest BCUT2D eigenvalue weighted by molar-refractivity contribution is 9.10. The number of rotatable bonds is 4. The fraction of sp³-hybridized carbons (Fsp3) is 0.231. The first kappa shape index (κ1) is 14.0. The van der Waals surface area contributed by atoms with Crippen molar-refractivity contribution in [1.29, 1.82) is 0 Å². The van der Waals surface area contributed by atoms with Crippen molar-refractivity contribution in [2.45, 2.75) is 19.9 Å². The summed E-state index contributed by atoms with van der Waals surface area (Å²) in [5.74, 6) is -0.611. The van der Waals surface area contributed by atoms with E-state index in [1.807, 2.05) is 26.0 Å². The number of carboxylic acids is 1. The van der Waals surface area contributed by atoms with Crippen LogP contribution >= 0.6 is 27.3 Å². The van der Waals surface area contributed by atoms with Crippen LogP contribution in [0.1, 0.15) is 33.1 Å². The van der Waals surface area contributed by atoms with Gasteiger partial charge in [0.1, 0.15) is 11.4 Å². The summed E-state index contributed by atoms with van der Waals surface area (Å²) < 4.78 is 0.648. The highest BCUT2D eigenvalue weighted by atomic mass is 79.9. The minimum Gasteiger partial charge on any atom is -0.478 e. The smallest absolute Gasteiger partial charge is 0.339 e. The zero-order valence-corrected chi connectivity index (χ0v) is 12.9. The number of hydrogen-bond acceptors (Lipinski definition) is 4. The fourth-order valence-corrected chi connectivity index (χ4v) is 2.89. The number of aromatic nitrogens is 1. The molecule has 0 radical (unpaired) electrons. The Labute approximate surface area is 123 Å². The number of halogens is 1. The Hall–Kier alpha value is -1.40. The number of thiophene rings is 1. The third-order valence-electron chi connectivity index (χ3n) is 2.63. The van der Waals surface area contributed by atoms with E-state index < -0.39 is 5.97 Å². The lowest BCUT2D eigenvalue weighted by molar-refractivity contribution is 0.0697. The maximum atomic E-state index is 11.2. The van der Waals surface area contributed by atoms with Gasteiger partial charge in [0.15, 0.2) is 0 Å². The standard InChI is InChI=1S/C13H13BrN2O2S/c1-7-3-4-11(19-7)8(2)16-12-10(13(17)18)5-9(14)6-15-12/h3-6,8H,1-2H3,(H,15,16)(H,17,18). The molecule has 0 saturated carbocycles. The molecule has 0 aliphatic rings. The van der Waals surface area contributed by atoms with Crippen molar-refractivity contribution >= 4 is 39.1 Å². The van der Waals surface area contributed by atoms with Crippen molar-refractivity contribution < 1.29 is 9.90 Å². The van der Waals surface area contributed by atoms with Crippen LogP contribution < -0.4 is 5.32 Å². The number of carbonyl (C=O) groups is 1. The van der Waals surface area contributed by atoms with Gasteiger partial charge in [0.2, 0.25) is 0 Å². The van der Waals surface area contributed by atoms with E-state index in [1.165, 1.54) is 4.88 Å². The first-order chi connectivity index (χ1) is 8.97. The summed E-state index contributed by atoms with van der Waals surface area (Å²) in [6.45, 7) is 4.03. The second-order valence-corrected chi connectivity index (χ2v) is 6.40. The molecule has 0 bridgehead atoms. The summed E-state index contributed by atoms with van der Waals surface area (Å²) in [4.78, 5) is 17.7. The molecular formula is C13H13BrN2O2S. The predicted octanol–water partition coefficient (Wildman–Crippen LogP) is 4.09. The van der Waals surface area contributed by atoms with Gasteiger partial charge in [0.05, 0.1) is 6.04 Å². The van der Waals surface area contributed by atoms with Crippen molar-refractivity contribution in [2.24, 2.45) is 0 Å². The number of aryl methyl sites for hydroxylation is 1. The van der Waals surface area contributed by atoms with Gasteiger partial charge in [-0.2, -0.15) is 0 Å². The van der Waals surface area contributed by atoms with Gasteiger partial charge in [-0.25, -0.2) is 9.78 Å². The van der Waals surface area contributed by atoms with Gasteiger partial charge in [-0.1, -0.05) is 0 Å². The molecule has 0 fully saturated rings. The van der Waals surface area contributed by atoms with E-state index in [0.717, 1.165) is 4.88 Å². The van der Waals surface area contributed by atoms with E-state index in [4.69, 9.17) is 0 Å². The number of pyridine rings is 1. The van der Waals surface area contributed by atoms with Gasteiger partial charge < -0.3 is 10.4 Å². The molecule has 0 aromatic carbocycles. The normalized spacial score (nSPS) is 12.2. The molecule has 4 nitrogen and oxygen atoms in total. The Kier molecular flexibility index (Phi) is 4.21. The van der Waals surface area contributed by atoms with Crippen LogP contribution in [0.25, 0.3) is 0 Å². The van der Waals surface area contributed by atoms with Crippen LogP contribution in [0.4, 0.5) is 5.82 Å². The highest BCUT2D eigenvalue weighted by Crippen LogP contribution is 2.27. The number of anilines is 1. The minimum absolute atomic E-state index is 0.0190. The second kappa shape index (κ2) is 5.71. The Morgan fingerprint density at radius 3 is 2.84 bits per heavy atom. The van der Waals surface area contributed by atoms with E-state index in [2.05, 4.69) is 26.2 Å². The Morgan fingerprint density at radius 2 is 2.26 bits per heavy atom. The molecule has 2 aromatic rings. The molecule has 2 rings (SSSR count). The van der Waals surface area contributed by atoms with Gasteiger partial charge in [-0.3, -0.25) is 0 Å². The van der Waals surface area contributed by atoms with Crippen molar-refractivity contribution in [3.05, 3.63) is 44.2 Å². The zero-order chi connectivity index (χ0) is 14.0. The van der Waals surface area contributed by atoms with Crippen LogP contribution in [0.2, 0.25) is 0 Å². The summed E-state index contributed by atoms with van der Waals surface area (Å²) in [7, 11) is 0. The van der Waals surface area contributed by atoms with Gasteiger partial charge in [0.25, 0.3) is 0 Å². The van der Waals surface area contributed by atoms with Crippen molar-refractivity contribution in [3.8, 4) is 0 Å². The Balaban J connectivity index is 2.26. The lowest BCUT2D eigenvalue weighted by Gasteiger charge is -2.14. The third kappa shape index (κ3) is 3.33. The second-order valence-electron chi connectivity index (χ2n) is 4.17. The monoisotopic (exact) mass is 340 g/mol. The number of aromatic carboxylic acids is 1. The van der Waals surface area contributed by atoms with Crippen LogP contribution in [0.15, 0.2) is 28.9 Å². The van der Waals surface area contributed by atoms with Crippen LogP contribution in [0.3, 0.4) is 0 Å². The zero-order valence-electron chi connectivity index (χ0n) is 10.5. The molecule has 2 heterocycles. The predicted molar refractivity (Wildman–Crippen MR) is 80.0 cm³/mol. The molecule has 6 heteroatoms. The first-order valence-corrected chi connectivity index (χ1v) is 7.30. The molecule has 0 spiro atoms. The fourth-order valence-electron chi connectivity index (χ4n) is 1.68. The van der Waals surface area contributed by atoms with E-state index in [0.29, 0.717) is 10.3 Å². The molecule has 0 saturated heterocycles. The maximum Gasteiger partial charge on any atom is 0.339 e. The van der Waals surface area contributed by atoms with Crippen LogP contribution in [0, 0.1) is 6.92 Å². The van der Waals surface area contributed by atoms with Crippen molar-refractivity contribution in [1.82, 2.24) is 4.98 Å². The summed E-state index contributed by atoms with van der Waals surface area (Å²) in [6.07, 6.45) is 1.58. The Morgan fingerprint density at radius 1 is 1.53 bits per heavy atom. The Bertz CT molecular complexity index is 612. The largest absolute Gasteiger partial charge is 0.478 e. The van der Waals surface area contributed by atoms with Gasteiger partial charge in [-0.05, 0) is 48.0 Å². The van der Waals surface area contributed by atoms with E-state index in [-0.39, 0.29) is 11.6 Å². The molecule has 2 N–H and O–H groups in total. The first-order valence-electron chi connectivity index (χ1n) is 5.69. The van der Waals surface area contributed by atoms with Crippen LogP contribution in [-0.4, -0.2) is 16.1 Å². The molecule has 1 atom stereocenters. The minimum atomic E-state index is -0.995. The average Bonchev–Trinajstić information content (AvgIpc) is 2.78. The van der Waals surface area contributed by atoms with E-state index in [9.17, 15) is 9.90 Å². The molecule has 0 amide bonds. The summed E-state index contributed by atoms with van der Waals surface area (Å²) >= 11 is 4.91. The topological polar surface area (TPSA) is 62.2 Å². The number of hydrogen-bond donors (Lipinski definition) is 2. The maximum absolute atomic E-state index is 11.2. The summed E-state index contributed by atoms with van der Waals surface area (Å²) in [5.41, 5.74) is 0.162. The lowest BCUT2D eigenvalue weighted by Crippen LogP contribution is -2.11. The molecule has 1 unspecified atom stereocenters. The summed E-state index contributed by atoms with van der Waals surface area (Å²) in [6, 6.07) is 5.65. The molecule has 2 aromatic heterocycles. The lowest BCUT2D eigenvalue weighted by atomic mass is 10.2. The quantitative estimate of drug-likeness (QED) is 0.879. The van der Waals surface area contributed by atoms with Crippen molar-refractivity contribution in [2.75, 3.05) is 5.32 Å². The van der Waals surface area contributed by atoms with Gasteiger partial charge in [0, 0.05) is 20.4 Å². The number of nitrogens with one attached hydrogen (secondary N) is 1. The number of nitrogens with zero attached hydrogens (tertiary/aromatic N) is 1. The van der Waals surface area contributed by atoms with Crippen LogP contribution in [0.5, 0.6) is 0 Å². The summed E-state index contributed by atoms with van der Waals surface area (Å²) in [5, 5.41) is 12.3. The van der Waals surface area contributed by atoms with E-state index >= 15 is 0 Å². The van der Waals surface area contributed by atoms with Gasteiger partial charge in [-0.15, -0.1) is 11.3 Å². The molecule has 0 aliphatic heterocycles. The molecule has 0 aliphatic carbocycles. The third-order valence-corrected chi connectivity index (χ3v) is 4.24. The molecule has 19 heavy (non-hydrogen) atoms. The molecular weight excluding hydrogens is 328 g/mol. The molecule has 100 valence electrons. The van der Waals surface area contributed by atoms with Crippen molar-refractivity contribution in [3.63, 3.8) is 0 Å². The SMILES string of the molecule is Cc1ccc(C(C)Nc2ncc(Br)cc2C(=O)O)s1.